The van der Waals surface area contributed by atoms with E-state index < -0.39 is 39.6 Å². The van der Waals surface area contributed by atoms with Gasteiger partial charge in [-0.1, -0.05) is 6.08 Å². The highest BCUT2D eigenvalue weighted by molar-refractivity contribution is 7.86. The smallest absolute Gasteiger partial charge is 0.327 e. The van der Waals surface area contributed by atoms with Crippen LogP contribution in [0.2, 0.25) is 0 Å². The van der Waals surface area contributed by atoms with Crippen molar-refractivity contribution in [2.24, 2.45) is 5.73 Å². The van der Waals surface area contributed by atoms with E-state index in [-0.39, 0.29) is 0 Å². The highest BCUT2D eigenvalue weighted by atomic mass is 32.2. The Hall–Kier alpha value is -1.09. The molecular weight excluding hydrogens is 380 g/mol. The van der Waals surface area contributed by atoms with Gasteiger partial charge in [0.1, 0.15) is 0 Å². The van der Waals surface area contributed by atoms with Crippen molar-refractivity contribution in [2.45, 2.75) is 29.4 Å². The molecule has 0 aromatic carbocycles. The predicted octanol–water partition coefficient (Wildman–Crippen LogP) is 2.77. The van der Waals surface area contributed by atoms with Gasteiger partial charge in [-0.25, -0.2) is 4.39 Å². The third-order valence-electron chi connectivity index (χ3n) is 1.88. The van der Waals surface area contributed by atoms with E-state index in [0.29, 0.717) is 6.54 Å². The molecule has 0 aliphatic heterocycles. The molecule has 0 rings (SSSR count). The molecule has 4 nitrogen and oxygen atoms in total. The summed E-state index contributed by atoms with van der Waals surface area (Å²) in [4.78, 5) is 0. The fourth-order valence-electron chi connectivity index (χ4n) is 0.717. The maximum Gasteiger partial charge on any atom is 0.460 e. The van der Waals surface area contributed by atoms with Crippen molar-refractivity contribution in [3.05, 3.63) is 12.7 Å². The van der Waals surface area contributed by atoms with Crippen molar-refractivity contribution in [1.29, 1.82) is 0 Å². The summed E-state index contributed by atoms with van der Waals surface area (Å²) < 4.78 is 148. The highest BCUT2D eigenvalue weighted by Gasteiger charge is 2.84. The molecule has 0 spiro atoms. The molecule has 0 aliphatic carbocycles. The van der Waals surface area contributed by atoms with E-state index in [2.05, 4.69) is 6.58 Å². The maximum absolute atomic E-state index is 12.5. The van der Waals surface area contributed by atoms with Crippen molar-refractivity contribution in [1.82, 2.24) is 0 Å². The Bertz CT molecular complexity index is 501. The molecule has 0 heterocycles. The first-order valence-corrected chi connectivity index (χ1v) is 6.44. The molecule has 15 heteroatoms. The summed E-state index contributed by atoms with van der Waals surface area (Å²) >= 11 is 0. The van der Waals surface area contributed by atoms with Gasteiger partial charge >= 0.3 is 34.1 Å². The lowest BCUT2D eigenvalue weighted by Crippen LogP contribution is -2.64. The van der Waals surface area contributed by atoms with Crippen LogP contribution < -0.4 is 5.73 Å². The summed E-state index contributed by atoms with van der Waals surface area (Å²) in [5, 5.41) is 0. The van der Waals surface area contributed by atoms with Gasteiger partial charge in [0.15, 0.2) is 0 Å². The normalized spacial score (nSPS) is 15.5. The maximum atomic E-state index is 12.5. The van der Waals surface area contributed by atoms with Crippen LogP contribution >= 0.6 is 0 Å². The lowest BCUT2D eigenvalue weighted by atomic mass is 10.1. The second kappa shape index (κ2) is 7.21. The van der Waals surface area contributed by atoms with Gasteiger partial charge in [0.2, 0.25) is 0 Å². The fourth-order valence-corrected chi connectivity index (χ4v) is 1.24. The Morgan fingerprint density at radius 3 is 1.48 bits per heavy atom. The van der Waals surface area contributed by atoms with Gasteiger partial charge in [0.05, 0.1) is 0 Å². The van der Waals surface area contributed by atoms with Gasteiger partial charge in [-0.15, -0.1) is 6.58 Å². The van der Waals surface area contributed by atoms with Gasteiger partial charge in [0, 0.05) is 6.54 Å². The molecule has 0 saturated heterocycles. The lowest BCUT2D eigenvalue weighted by molar-refractivity contribution is -0.399. The van der Waals surface area contributed by atoms with Crippen LogP contribution in [0.25, 0.3) is 0 Å². The molecule has 1 atom stereocenters. The van der Waals surface area contributed by atoms with Crippen LogP contribution in [-0.2, 0) is 10.1 Å². The minimum Gasteiger partial charge on any atom is -0.327 e. The van der Waals surface area contributed by atoms with Crippen LogP contribution in [-0.4, -0.2) is 49.0 Å². The summed E-state index contributed by atoms with van der Waals surface area (Å²) in [5.41, 5.74) is -0.462. The van der Waals surface area contributed by atoms with Crippen LogP contribution in [0.5, 0.6) is 0 Å². The topological polar surface area (TPSA) is 80.4 Å². The first kappa shape index (κ1) is 24.2. The van der Waals surface area contributed by atoms with Gasteiger partial charge < -0.3 is 5.73 Å². The van der Waals surface area contributed by atoms with Crippen LogP contribution in [0.15, 0.2) is 12.7 Å². The number of halogens is 10. The Balaban J connectivity index is 0. The molecule has 23 heavy (non-hydrogen) atoms. The molecule has 140 valence electrons. The van der Waals surface area contributed by atoms with Crippen molar-refractivity contribution < 1.29 is 56.9 Å². The fraction of sp³-hybridized carbons (Fsp3) is 0.750. The average Bonchev–Trinajstić information content (AvgIpc) is 2.35. The van der Waals surface area contributed by atoms with E-state index in [9.17, 15) is 52.3 Å². The second-order valence-corrected chi connectivity index (χ2v) is 5.07. The molecule has 0 aromatic rings. The number of nitrogens with two attached hydrogens (primary N) is 1. The molecule has 0 aromatic heterocycles. The quantitative estimate of drug-likeness (QED) is 0.431. The number of alkyl halides is 10. The largest absolute Gasteiger partial charge is 0.460 e. The minimum atomic E-state index is -7.45. The zero-order valence-electron chi connectivity index (χ0n) is 10.6. The summed E-state index contributed by atoms with van der Waals surface area (Å²) in [6.07, 6.45) is -5.56. The molecule has 0 aliphatic rings. The Morgan fingerprint density at radius 1 is 1.00 bits per heavy atom. The number of hydrogen-bond donors (Lipinski definition) is 2. The third kappa shape index (κ3) is 4.94. The van der Waals surface area contributed by atoms with Crippen molar-refractivity contribution >= 4 is 10.1 Å². The molecular formula is C8H9F10NO3S. The first-order valence-electron chi connectivity index (χ1n) is 4.93. The monoisotopic (exact) mass is 389 g/mol. The molecule has 0 bridgehead atoms. The Kier molecular flexibility index (Phi) is 7.57. The summed E-state index contributed by atoms with van der Waals surface area (Å²) in [5.74, 6) is -21.9. The van der Waals surface area contributed by atoms with E-state index in [0.717, 1.165) is 0 Å². The molecule has 1 unspecified atom stereocenters. The second-order valence-electron chi connectivity index (χ2n) is 3.62. The lowest BCUT2D eigenvalue weighted by Gasteiger charge is -2.34. The highest BCUT2D eigenvalue weighted by Crippen LogP contribution is 2.54. The van der Waals surface area contributed by atoms with Gasteiger partial charge in [0.25, 0.3) is 5.50 Å². The Morgan fingerprint density at radius 2 is 1.30 bits per heavy atom. The zero-order valence-corrected chi connectivity index (χ0v) is 11.4. The standard InChI is InChI=1S/C5H2F10O3S.C3H7N/c6-1(19(16,17)18)2(7,8)3(9,10)4(11,12)5(13,14)15;1-2-3-4/h1H,(H,16,17,18);2H,1,3-4H2. The average molecular weight is 389 g/mol. The molecule has 3 N–H and O–H groups in total. The van der Waals surface area contributed by atoms with E-state index >= 15 is 0 Å². The van der Waals surface area contributed by atoms with Crippen LogP contribution in [0.3, 0.4) is 0 Å². The van der Waals surface area contributed by atoms with Gasteiger partial charge in [-0.05, 0) is 0 Å². The zero-order chi connectivity index (χ0) is 19.5. The SMILES string of the molecule is C=CCN.O=S(=O)(O)C(F)C(F)(F)C(F)(F)C(F)(F)C(F)(F)F. The van der Waals surface area contributed by atoms with Gasteiger partial charge in [-0.3, -0.25) is 4.55 Å². The molecule has 0 fully saturated rings. The van der Waals surface area contributed by atoms with E-state index in [1.54, 1.807) is 6.08 Å². The number of hydrogen-bond acceptors (Lipinski definition) is 3. The summed E-state index contributed by atoms with van der Waals surface area (Å²) in [6.45, 7) is 3.94. The molecule has 0 amide bonds. The molecule has 0 radical (unpaired) electrons. The van der Waals surface area contributed by atoms with Crippen molar-refractivity contribution in [3.8, 4) is 0 Å². The van der Waals surface area contributed by atoms with Crippen LogP contribution in [0.4, 0.5) is 43.9 Å². The number of rotatable bonds is 5. The summed E-state index contributed by atoms with van der Waals surface area (Å²) in [6, 6.07) is 0. The minimum absolute atomic E-state index is 0.583. The van der Waals surface area contributed by atoms with E-state index in [1.807, 2.05) is 0 Å². The van der Waals surface area contributed by atoms with E-state index in [4.69, 9.17) is 10.3 Å². The summed E-state index contributed by atoms with van der Waals surface area (Å²) in [7, 11) is -6.65. The predicted molar refractivity (Wildman–Crippen MR) is 56.6 cm³/mol. The van der Waals surface area contributed by atoms with Gasteiger partial charge in [-0.2, -0.15) is 47.9 Å². The first-order chi connectivity index (χ1) is 9.82. The third-order valence-corrected chi connectivity index (χ3v) is 2.70. The Labute approximate surface area is 122 Å². The van der Waals surface area contributed by atoms with Crippen LogP contribution in [0.1, 0.15) is 0 Å². The van der Waals surface area contributed by atoms with Crippen molar-refractivity contribution in [3.63, 3.8) is 0 Å². The van der Waals surface area contributed by atoms with E-state index in [1.165, 1.54) is 0 Å². The van der Waals surface area contributed by atoms with Crippen LogP contribution in [0, 0.1) is 0 Å². The van der Waals surface area contributed by atoms with Crippen molar-refractivity contribution in [2.75, 3.05) is 6.54 Å². The molecule has 0 saturated carbocycles.